The summed E-state index contributed by atoms with van der Waals surface area (Å²) in [5.41, 5.74) is -0.555. The van der Waals surface area contributed by atoms with Gasteiger partial charge in [0.1, 0.15) is 11.6 Å². The van der Waals surface area contributed by atoms with Crippen LogP contribution in [-0.4, -0.2) is 33.0 Å². The molecule has 5 nitrogen and oxygen atoms in total. The van der Waals surface area contributed by atoms with Crippen molar-refractivity contribution in [3.05, 3.63) is 29.6 Å². The topological polar surface area (TPSA) is 83.5 Å². The fourth-order valence-corrected chi connectivity index (χ4v) is 2.79. The summed E-state index contributed by atoms with van der Waals surface area (Å²) in [6.07, 6.45) is 1.74. The highest BCUT2D eigenvalue weighted by Crippen LogP contribution is 2.14. The van der Waals surface area contributed by atoms with Crippen LogP contribution in [-0.2, 0) is 15.6 Å². The molecule has 1 amide bonds. The molecule has 1 aromatic rings. The third-order valence-corrected chi connectivity index (χ3v) is 4.13. The lowest BCUT2D eigenvalue weighted by atomic mass is 10.2. The van der Waals surface area contributed by atoms with Crippen LogP contribution in [0.25, 0.3) is 0 Å². The van der Waals surface area contributed by atoms with E-state index in [-0.39, 0.29) is 22.6 Å². The normalized spacial score (nSPS) is 13.5. The van der Waals surface area contributed by atoms with Gasteiger partial charge in [0, 0.05) is 10.9 Å². The molecule has 0 aromatic heterocycles. The number of hydrogen-bond acceptors (Lipinski definition) is 3. The summed E-state index contributed by atoms with van der Waals surface area (Å²) < 4.78 is 25.3. The molecule has 0 aliphatic rings. The van der Waals surface area contributed by atoms with Gasteiger partial charge in [-0.2, -0.15) is 0 Å². The van der Waals surface area contributed by atoms with E-state index >= 15 is 0 Å². The number of carbonyl (C=O) groups is 2. The molecule has 0 radical (unpaired) electrons. The van der Waals surface area contributed by atoms with E-state index in [9.17, 15) is 18.2 Å². The maximum absolute atomic E-state index is 13.2. The zero-order valence-corrected chi connectivity index (χ0v) is 12.7. The Morgan fingerprint density at radius 3 is 2.67 bits per heavy atom. The number of carboxylic acids is 1. The molecule has 116 valence electrons. The summed E-state index contributed by atoms with van der Waals surface area (Å²) in [4.78, 5) is 22.6. The van der Waals surface area contributed by atoms with Crippen molar-refractivity contribution >= 4 is 22.7 Å². The molecule has 1 aromatic carbocycles. The quantitative estimate of drug-likeness (QED) is 0.805. The maximum atomic E-state index is 13.2. The molecule has 0 heterocycles. The maximum Gasteiger partial charge on any atom is 0.338 e. The van der Waals surface area contributed by atoms with Crippen molar-refractivity contribution in [1.29, 1.82) is 0 Å². The number of hydrogen-bond donors (Lipinski definition) is 2. The van der Waals surface area contributed by atoms with Crippen LogP contribution in [0.15, 0.2) is 23.1 Å². The van der Waals surface area contributed by atoms with Crippen LogP contribution in [0.4, 0.5) is 4.39 Å². The van der Waals surface area contributed by atoms with Crippen molar-refractivity contribution in [2.75, 3.05) is 5.75 Å². The SMILES string of the molecule is CCCC(C)NC(=O)CS(=O)c1ccc(F)c(C(=O)O)c1. The van der Waals surface area contributed by atoms with Gasteiger partial charge < -0.3 is 10.4 Å². The van der Waals surface area contributed by atoms with Gasteiger partial charge in [0.2, 0.25) is 5.91 Å². The highest BCUT2D eigenvalue weighted by molar-refractivity contribution is 7.85. The second kappa shape index (κ2) is 7.87. The van der Waals surface area contributed by atoms with Gasteiger partial charge in [-0.1, -0.05) is 13.3 Å². The minimum atomic E-state index is -1.71. The predicted octanol–water partition coefficient (Wildman–Crippen LogP) is 1.94. The molecule has 0 saturated carbocycles. The van der Waals surface area contributed by atoms with Gasteiger partial charge in [-0.25, -0.2) is 9.18 Å². The van der Waals surface area contributed by atoms with E-state index < -0.39 is 28.1 Å². The highest BCUT2D eigenvalue weighted by Gasteiger charge is 2.16. The Balaban J connectivity index is 2.74. The van der Waals surface area contributed by atoms with Crippen LogP contribution in [0.5, 0.6) is 0 Å². The Hall–Kier alpha value is -1.76. The molecular weight excluding hydrogens is 297 g/mol. The molecule has 0 bridgehead atoms. The standard InChI is InChI=1S/C14H18FNO4S/c1-3-4-9(2)16-13(17)8-21(20)10-5-6-12(15)11(7-10)14(18)19/h5-7,9H,3-4,8H2,1-2H3,(H,16,17)(H,18,19). The van der Waals surface area contributed by atoms with E-state index in [0.717, 1.165) is 25.0 Å². The minimum Gasteiger partial charge on any atom is -0.478 e. The van der Waals surface area contributed by atoms with E-state index in [1.807, 2.05) is 13.8 Å². The van der Waals surface area contributed by atoms with Crippen molar-refractivity contribution in [2.45, 2.75) is 37.6 Å². The van der Waals surface area contributed by atoms with E-state index in [2.05, 4.69) is 5.32 Å². The average molecular weight is 315 g/mol. The van der Waals surface area contributed by atoms with Crippen molar-refractivity contribution in [2.24, 2.45) is 0 Å². The largest absolute Gasteiger partial charge is 0.478 e. The van der Waals surface area contributed by atoms with E-state index in [1.165, 1.54) is 6.07 Å². The number of nitrogens with one attached hydrogen (secondary N) is 1. The first-order valence-electron chi connectivity index (χ1n) is 6.55. The second-order valence-electron chi connectivity index (χ2n) is 4.69. The minimum absolute atomic E-state index is 0.0118. The molecule has 0 fully saturated rings. The molecule has 2 atom stereocenters. The monoisotopic (exact) mass is 315 g/mol. The first-order valence-corrected chi connectivity index (χ1v) is 7.87. The molecule has 0 spiro atoms. The molecule has 0 saturated heterocycles. The Morgan fingerprint density at radius 1 is 1.43 bits per heavy atom. The number of amides is 1. The van der Waals surface area contributed by atoms with Crippen LogP contribution in [0, 0.1) is 5.82 Å². The van der Waals surface area contributed by atoms with Gasteiger partial charge in [0.15, 0.2) is 0 Å². The summed E-state index contributed by atoms with van der Waals surface area (Å²) in [6.45, 7) is 3.84. The molecule has 0 aliphatic carbocycles. The number of rotatable bonds is 7. The average Bonchev–Trinajstić information content (AvgIpc) is 2.38. The van der Waals surface area contributed by atoms with Crippen molar-refractivity contribution < 1.29 is 23.3 Å². The molecule has 7 heteroatoms. The zero-order chi connectivity index (χ0) is 16.0. The summed E-state index contributed by atoms with van der Waals surface area (Å²) in [5, 5.41) is 11.5. The van der Waals surface area contributed by atoms with Gasteiger partial charge in [-0.3, -0.25) is 9.00 Å². The summed E-state index contributed by atoms with van der Waals surface area (Å²) in [5.74, 6) is -2.99. The number of carboxylic acid groups (broad SMARTS) is 1. The number of carbonyl (C=O) groups excluding carboxylic acids is 1. The predicted molar refractivity (Wildman–Crippen MR) is 77.1 cm³/mol. The highest BCUT2D eigenvalue weighted by atomic mass is 32.2. The summed E-state index contributed by atoms with van der Waals surface area (Å²) in [6, 6.07) is 3.15. The van der Waals surface area contributed by atoms with E-state index in [0.29, 0.717) is 0 Å². The molecule has 2 unspecified atom stereocenters. The first kappa shape index (κ1) is 17.3. The summed E-state index contributed by atoms with van der Waals surface area (Å²) in [7, 11) is -1.71. The summed E-state index contributed by atoms with van der Waals surface area (Å²) >= 11 is 0. The molecule has 2 N–H and O–H groups in total. The molecule has 0 aliphatic heterocycles. The van der Waals surface area contributed by atoms with Gasteiger partial charge in [0.05, 0.1) is 16.4 Å². The zero-order valence-electron chi connectivity index (χ0n) is 11.9. The van der Waals surface area contributed by atoms with Crippen LogP contribution in [0.1, 0.15) is 37.0 Å². The molecule has 1 rings (SSSR count). The lowest BCUT2D eigenvalue weighted by molar-refractivity contribution is -0.119. The van der Waals surface area contributed by atoms with Crippen molar-refractivity contribution in [1.82, 2.24) is 5.32 Å². The first-order chi connectivity index (χ1) is 9.85. The van der Waals surface area contributed by atoms with Gasteiger partial charge in [0.25, 0.3) is 0 Å². The van der Waals surface area contributed by atoms with Gasteiger partial charge in [-0.15, -0.1) is 0 Å². The second-order valence-corrected chi connectivity index (χ2v) is 6.15. The Bertz CT molecular complexity index is 562. The fourth-order valence-electron chi connectivity index (χ4n) is 1.83. The van der Waals surface area contributed by atoms with Gasteiger partial charge >= 0.3 is 5.97 Å². The van der Waals surface area contributed by atoms with Crippen LogP contribution in [0.2, 0.25) is 0 Å². The van der Waals surface area contributed by atoms with Crippen molar-refractivity contribution in [3.63, 3.8) is 0 Å². The number of benzene rings is 1. The fraction of sp³-hybridized carbons (Fsp3) is 0.429. The lowest BCUT2D eigenvalue weighted by Gasteiger charge is -2.12. The van der Waals surface area contributed by atoms with E-state index in [1.54, 1.807) is 0 Å². The smallest absolute Gasteiger partial charge is 0.338 e. The van der Waals surface area contributed by atoms with Crippen LogP contribution >= 0.6 is 0 Å². The van der Waals surface area contributed by atoms with E-state index in [4.69, 9.17) is 5.11 Å². The number of halogens is 1. The number of aromatic carboxylic acids is 1. The van der Waals surface area contributed by atoms with Crippen LogP contribution < -0.4 is 5.32 Å². The Kier molecular flexibility index (Phi) is 6.48. The third-order valence-electron chi connectivity index (χ3n) is 2.82. The third kappa shape index (κ3) is 5.26. The van der Waals surface area contributed by atoms with Crippen molar-refractivity contribution in [3.8, 4) is 0 Å². The van der Waals surface area contributed by atoms with Crippen LogP contribution in [0.3, 0.4) is 0 Å². The Morgan fingerprint density at radius 2 is 2.10 bits per heavy atom. The van der Waals surface area contributed by atoms with Gasteiger partial charge in [-0.05, 0) is 31.5 Å². The lowest BCUT2D eigenvalue weighted by Crippen LogP contribution is -2.35. The Labute approximate surface area is 125 Å². The molecular formula is C14H18FNO4S. The molecule has 21 heavy (non-hydrogen) atoms.